The van der Waals surface area contributed by atoms with E-state index in [0.717, 1.165) is 0 Å². The summed E-state index contributed by atoms with van der Waals surface area (Å²) in [6, 6.07) is 2.69. The molecule has 90 valence electrons. The smallest absolute Gasteiger partial charge is 0.163 e. The third-order valence-electron chi connectivity index (χ3n) is 3.28. The van der Waals surface area contributed by atoms with Crippen molar-refractivity contribution in [3.63, 3.8) is 0 Å². The fourth-order valence-electron chi connectivity index (χ4n) is 1.62. The van der Waals surface area contributed by atoms with Crippen molar-refractivity contribution in [2.24, 2.45) is 17.6 Å². The average molecular weight is 227 g/mol. The Labute approximate surface area is 95.7 Å². The normalized spacial score (nSPS) is 15.2. The van der Waals surface area contributed by atoms with Crippen LogP contribution >= 0.6 is 0 Å². The lowest BCUT2D eigenvalue weighted by atomic mass is 9.86. The zero-order valence-corrected chi connectivity index (χ0v) is 10.2. The van der Waals surface area contributed by atoms with E-state index >= 15 is 0 Å². The van der Waals surface area contributed by atoms with Crippen molar-refractivity contribution in [1.29, 1.82) is 0 Å². The van der Waals surface area contributed by atoms with Gasteiger partial charge in [-0.05, 0) is 24.3 Å². The molecule has 0 spiro atoms. The van der Waals surface area contributed by atoms with E-state index in [1.165, 1.54) is 0 Å². The molecule has 0 aliphatic heterocycles. The zero-order valence-electron chi connectivity index (χ0n) is 10.2. The lowest BCUT2D eigenvalue weighted by Gasteiger charge is -2.24. The van der Waals surface area contributed by atoms with Crippen LogP contribution in [0.1, 0.15) is 37.9 Å². The molecule has 0 radical (unpaired) electrons. The highest BCUT2D eigenvalue weighted by molar-refractivity contribution is 5.28. The monoisotopic (exact) mass is 227 g/mol. The Morgan fingerprint density at radius 1 is 1.06 bits per heavy atom. The molecule has 2 N–H and O–H groups in total. The van der Waals surface area contributed by atoms with Gasteiger partial charge in [0.15, 0.2) is 11.6 Å². The molecule has 0 aromatic heterocycles. The van der Waals surface area contributed by atoms with E-state index in [0.29, 0.717) is 11.5 Å². The molecule has 0 fully saturated rings. The summed E-state index contributed by atoms with van der Waals surface area (Å²) < 4.78 is 27.1. The van der Waals surface area contributed by atoms with Crippen molar-refractivity contribution >= 4 is 0 Å². The maximum Gasteiger partial charge on any atom is 0.163 e. The molecule has 2 atom stereocenters. The first-order valence-electron chi connectivity index (χ1n) is 5.56. The van der Waals surface area contributed by atoms with Crippen LogP contribution in [0.25, 0.3) is 0 Å². The van der Waals surface area contributed by atoms with Crippen LogP contribution in [0.5, 0.6) is 0 Å². The molecule has 0 aliphatic carbocycles. The largest absolute Gasteiger partial charge is 0.324 e. The van der Waals surface area contributed by atoms with Crippen LogP contribution in [0.3, 0.4) is 0 Å². The highest BCUT2D eigenvalue weighted by atomic mass is 19.2. The molecular weight excluding hydrogens is 208 g/mol. The van der Waals surface area contributed by atoms with Gasteiger partial charge in [-0.3, -0.25) is 0 Å². The number of aryl methyl sites for hydroxylation is 1. The standard InChI is InChI=1S/C13H19F2N/c1-7(2)9(4)13(16)10-6-5-8(3)11(14)12(10)15/h5-7,9,13H,16H2,1-4H3. The maximum atomic E-state index is 13.7. The van der Waals surface area contributed by atoms with Crippen LogP contribution in [0, 0.1) is 30.4 Å². The summed E-state index contributed by atoms with van der Waals surface area (Å²) in [4.78, 5) is 0. The minimum Gasteiger partial charge on any atom is -0.324 e. The number of hydrogen-bond donors (Lipinski definition) is 1. The van der Waals surface area contributed by atoms with Gasteiger partial charge in [-0.15, -0.1) is 0 Å². The molecule has 1 nitrogen and oxygen atoms in total. The first kappa shape index (κ1) is 13.1. The van der Waals surface area contributed by atoms with Crippen LogP contribution in [-0.4, -0.2) is 0 Å². The predicted octanol–water partition coefficient (Wildman–Crippen LogP) is 3.57. The van der Waals surface area contributed by atoms with Crippen LogP contribution < -0.4 is 5.73 Å². The van der Waals surface area contributed by atoms with E-state index in [4.69, 9.17) is 5.73 Å². The van der Waals surface area contributed by atoms with Gasteiger partial charge in [-0.1, -0.05) is 32.9 Å². The molecule has 1 rings (SSSR count). The molecule has 0 amide bonds. The summed E-state index contributed by atoms with van der Waals surface area (Å²) in [7, 11) is 0. The molecular formula is C13H19F2N. The Morgan fingerprint density at radius 2 is 1.62 bits per heavy atom. The van der Waals surface area contributed by atoms with E-state index in [-0.39, 0.29) is 11.5 Å². The van der Waals surface area contributed by atoms with Gasteiger partial charge in [-0.25, -0.2) is 8.78 Å². The zero-order chi connectivity index (χ0) is 12.5. The molecule has 0 saturated carbocycles. The second-order valence-electron chi connectivity index (χ2n) is 4.73. The fraction of sp³-hybridized carbons (Fsp3) is 0.538. The van der Waals surface area contributed by atoms with E-state index in [9.17, 15) is 8.78 Å². The van der Waals surface area contributed by atoms with Gasteiger partial charge in [0.1, 0.15) is 0 Å². The van der Waals surface area contributed by atoms with Crippen LogP contribution in [0.4, 0.5) is 8.78 Å². The molecule has 1 aromatic rings. The summed E-state index contributed by atoms with van der Waals surface area (Å²) in [6.07, 6.45) is 0. The Bertz CT molecular complexity index is 374. The average Bonchev–Trinajstić information content (AvgIpc) is 2.24. The van der Waals surface area contributed by atoms with Crippen molar-refractivity contribution in [2.45, 2.75) is 33.7 Å². The molecule has 2 unspecified atom stereocenters. The van der Waals surface area contributed by atoms with E-state index in [1.807, 2.05) is 20.8 Å². The number of nitrogens with two attached hydrogens (primary N) is 1. The van der Waals surface area contributed by atoms with Gasteiger partial charge in [0.05, 0.1) is 0 Å². The van der Waals surface area contributed by atoms with Gasteiger partial charge < -0.3 is 5.73 Å². The molecule has 3 heteroatoms. The summed E-state index contributed by atoms with van der Waals surface area (Å²) in [6.45, 7) is 7.53. The van der Waals surface area contributed by atoms with Crippen molar-refractivity contribution < 1.29 is 8.78 Å². The van der Waals surface area contributed by atoms with Gasteiger partial charge in [0.25, 0.3) is 0 Å². The van der Waals surface area contributed by atoms with Crippen LogP contribution in [0.2, 0.25) is 0 Å². The number of benzene rings is 1. The number of halogens is 2. The first-order chi connectivity index (χ1) is 7.36. The van der Waals surface area contributed by atoms with Crippen molar-refractivity contribution in [2.75, 3.05) is 0 Å². The minimum atomic E-state index is -0.806. The molecule has 16 heavy (non-hydrogen) atoms. The summed E-state index contributed by atoms with van der Waals surface area (Å²) in [5, 5.41) is 0. The maximum absolute atomic E-state index is 13.7. The highest BCUT2D eigenvalue weighted by Gasteiger charge is 2.23. The molecule has 0 aliphatic rings. The number of rotatable bonds is 3. The van der Waals surface area contributed by atoms with Crippen LogP contribution in [0.15, 0.2) is 12.1 Å². The third kappa shape index (κ3) is 2.40. The Hall–Kier alpha value is -0.960. The van der Waals surface area contributed by atoms with Crippen molar-refractivity contribution in [3.8, 4) is 0 Å². The molecule has 0 bridgehead atoms. The minimum absolute atomic E-state index is 0.108. The Morgan fingerprint density at radius 3 is 2.12 bits per heavy atom. The lowest BCUT2D eigenvalue weighted by Crippen LogP contribution is -2.24. The van der Waals surface area contributed by atoms with Crippen molar-refractivity contribution in [3.05, 3.63) is 34.9 Å². The quantitative estimate of drug-likeness (QED) is 0.839. The van der Waals surface area contributed by atoms with E-state index < -0.39 is 17.7 Å². The number of hydrogen-bond acceptors (Lipinski definition) is 1. The van der Waals surface area contributed by atoms with E-state index in [1.54, 1.807) is 19.1 Å². The Kier molecular flexibility index (Phi) is 4.03. The highest BCUT2D eigenvalue weighted by Crippen LogP contribution is 2.28. The fourth-order valence-corrected chi connectivity index (χ4v) is 1.62. The lowest BCUT2D eigenvalue weighted by molar-refractivity contribution is 0.341. The predicted molar refractivity (Wildman–Crippen MR) is 62.0 cm³/mol. The van der Waals surface area contributed by atoms with Gasteiger partial charge in [-0.2, -0.15) is 0 Å². The first-order valence-corrected chi connectivity index (χ1v) is 5.56. The Balaban J connectivity index is 3.10. The molecule has 0 saturated heterocycles. The molecule has 1 aromatic carbocycles. The van der Waals surface area contributed by atoms with Crippen molar-refractivity contribution in [1.82, 2.24) is 0 Å². The second-order valence-corrected chi connectivity index (χ2v) is 4.73. The summed E-state index contributed by atoms with van der Waals surface area (Å²) in [5.74, 6) is -1.15. The van der Waals surface area contributed by atoms with Gasteiger partial charge in [0.2, 0.25) is 0 Å². The topological polar surface area (TPSA) is 26.0 Å². The second kappa shape index (κ2) is 4.91. The van der Waals surface area contributed by atoms with E-state index in [2.05, 4.69) is 0 Å². The summed E-state index contributed by atoms with van der Waals surface area (Å²) >= 11 is 0. The SMILES string of the molecule is Cc1ccc(C(N)C(C)C(C)C)c(F)c1F. The molecule has 0 heterocycles. The third-order valence-corrected chi connectivity index (χ3v) is 3.28. The van der Waals surface area contributed by atoms with Gasteiger partial charge in [0, 0.05) is 11.6 Å². The van der Waals surface area contributed by atoms with Gasteiger partial charge >= 0.3 is 0 Å². The summed E-state index contributed by atoms with van der Waals surface area (Å²) in [5.41, 5.74) is 6.53. The van der Waals surface area contributed by atoms with Crippen LogP contribution in [-0.2, 0) is 0 Å².